The third kappa shape index (κ3) is 3.95. The second-order valence-electron chi connectivity index (χ2n) is 4.31. The SMILES string of the molecule is O=S(=O)(Oc1c(F)c(F)c(F)c(F)c1F)c1ccnc(OC(F)(F)F)c1. The van der Waals surface area contributed by atoms with Crippen molar-refractivity contribution in [2.24, 2.45) is 0 Å². The fraction of sp³-hybridized carbons (Fsp3) is 0.0833. The average molecular weight is 409 g/mol. The number of hydrogen-bond acceptors (Lipinski definition) is 5. The maximum absolute atomic E-state index is 13.5. The first kappa shape index (κ1) is 19.7. The standard InChI is InChI=1S/C12H3F8NO4S/c13-6-7(14)9(16)11(10(17)8(6)15)25-26(22,23)4-1-2-21-5(3-4)24-12(18,19)20/h1-3H. The van der Waals surface area contributed by atoms with Crippen molar-refractivity contribution < 1.29 is 52.5 Å². The lowest BCUT2D eigenvalue weighted by atomic mass is 10.3. The third-order valence-corrected chi connectivity index (χ3v) is 3.80. The molecule has 0 radical (unpaired) electrons. The highest BCUT2D eigenvalue weighted by Crippen LogP contribution is 2.32. The van der Waals surface area contributed by atoms with E-state index in [1.807, 2.05) is 0 Å². The number of halogens is 8. The van der Waals surface area contributed by atoms with Crippen LogP contribution in [0.5, 0.6) is 11.6 Å². The van der Waals surface area contributed by atoms with Crippen LogP contribution in [0.2, 0.25) is 0 Å². The summed E-state index contributed by atoms with van der Waals surface area (Å²) in [5, 5.41) is 0. The average Bonchev–Trinajstić information content (AvgIpc) is 2.54. The van der Waals surface area contributed by atoms with Crippen molar-refractivity contribution in [3.63, 3.8) is 0 Å². The summed E-state index contributed by atoms with van der Waals surface area (Å²) in [5.74, 6) is -16.1. The Morgan fingerprint density at radius 3 is 1.88 bits per heavy atom. The van der Waals surface area contributed by atoms with E-state index in [2.05, 4.69) is 13.9 Å². The van der Waals surface area contributed by atoms with Crippen LogP contribution in [0.3, 0.4) is 0 Å². The van der Waals surface area contributed by atoms with Gasteiger partial charge >= 0.3 is 16.5 Å². The van der Waals surface area contributed by atoms with Gasteiger partial charge in [-0.15, -0.1) is 13.2 Å². The Bertz CT molecular complexity index is 931. The number of benzene rings is 1. The second kappa shape index (κ2) is 6.59. The van der Waals surface area contributed by atoms with Crippen LogP contribution in [0.1, 0.15) is 0 Å². The van der Waals surface area contributed by atoms with Crippen LogP contribution < -0.4 is 8.92 Å². The fourth-order valence-electron chi connectivity index (χ4n) is 1.54. The summed E-state index contributed by atoms with van der Waals surface area (Å²) in [4.78, 5) is 1.88. The van der Waals surface area contributed by atoms with Crippen molar-refractivity contribution in [1.82, 2.24) is 4.98 Å². The molecule has 0 N–H and O–H groups in total. The van der Waals surface area contributed by atoms with E-state index >= 15 is 0 Å². The topological polar surface area (TPSA) is 65.5 Å². The van der Waals surface area contributed by atoms with Crippen LogP contribution in [-0.4, -0.2) is 19.8 Å². The van der Waals surface area contributed by atoms with Crippen molar-refractivity contribution in [2.75, 3.05) is 0 Å². The van der Waals surface area contributed by atoms with Gasteiger partial charge in [-0.2, -0.15) is 17.2 Å². The van der Waals surface area contributed by atoms with Crippen LogP contribution in [0, 0.1) is 29.1 Å². The molecule has 5 nitrogen and oxygen atoms in total. The molecule has 0 aliphatic carbocycles. The van der Waals surface area contributed by atoms with E-state index < -0.39 is 62.1 Å². The normalized spacial score (nSPS) is 12.2. The number of ether oxygens (including phenoxy) is 1. The zero-order chi connectivity index (χ0) is 19.9. The summed E-state index contributed by atoms with van der Waals surface area (Å²) in [6, 6.07) is 0.694. The first-order chi connectivity index (χ1) is 11.8. The summed E-state index contributed by atoms with van der Waals surface area (Å²) >= 11 is 0. The molecule has 0 aliphatic heterocycles. The van der Waals surface area contributed by atoms with Crippen LogP contribution >= 0.6 is 0 Å². The van der Waals surface area contributed by atoms with Crippen LogP contribution in [-0.2, 0) is 10.1 Å². The number of rotatable bonds is 4. The molecule has 1 aromatic heterocycles. The molecule has 0 unspecified atom stereocenters. The minimum atomic E-state index is -5.31. The smallest absolute Gasteiger partial charge is 0.388 e. The zero-order valence-electron chi connectivity index (χ0n) is 11.7. The summed E-state index contributed by atoms with van der Waals surface area (Å²) in [6.07, 6.45) is -4.73. The summed E-state index contributed by atoms with van der Waals surface area (Å²) in [5.41, 5.74) is 0. The molecular weight excluding hydrogens is 406 g/mol. The quantitative estimate of drug-likeness (QED) is 0.335. The van der Waals surface area contributed by atoms with E-state index in [1.165, 1.54) is 0 Å². The number of aromatic nitrogens is 1. The van der Waals surface area contributed by atoms with Crippen LogP contribution in [0.15, 0.2) is 23.2 Å². The molecule has 0 saturated carbocycles. The van der Waals surface area contributed by atoms with Crippen molar-refractivity contribution in [3.05, 3.63) is 47.4 Å². The fourth-order valence-corrected chi connectivity index (χ4v) is 2.47. The Kier molecular flexibility index (Phi) is 4.98. The molecule has 0 aliphatic rings. The molecule has 2 aromatic rings. The Labute approximate surface area is 138 Å². The van der Waals surface area contributed by atoms with Gasteiger partial charge < -0.3 is 8.92 Å². The van der Waals surface area contributed by atoms with Gasteiger partial charge in [-0.3, -0.25) is 0 Å². The second-order valence-corrected chi connectivity index (χ2v) is 5.86. The minimum Gasteiger partial charge on any atom is -0.388 e. The maximum Gasteiger partial charge on any atom is 0.574 e. The Morgan fingerprint density at radius 1 is 0.885 bits per heavy atom. The van der Waals surface area contributed by atoms with Gasteiger partial charge in [-0.1, -0.05) is 0 Å². The van der Waals surface area contributed by atoms with Crippen LogP contribution in [0.4, 0.5) is 35.1 Å². The number of hydrogen-bond donors (Lipinski definition) is 0. The molecule has 26 heavy (non-hydrogen) atoms. The van der Waals surface area contributed by atoms with E-state index in [0.717, 1.165) is 0 Å². The zero-order valence-corrected chi connectivity index (χ0v) is 12.6. The Morgan fingerprint density at radius 2 is 1.38 bits per heavy atom. The van der Waals surface area contributed by atoms with Gasteiger partial charge in [0, 0.05) is 12.3 Å². The molecule has 14 heteroatoms. The van der Waals surface area contributed by atoms with E-state index in [9.17, 15) is 43.5 Å². The van der Waals surface area contributed by atoms with E-state index in [0.29, 0.717) is 12.3 Å². The molecule has 142 valence electrons. The Hall–Kier alpha value is -2.64. The van der Waals surface area contributed by atoms with Crippen molar-refractivity contribution in [3.8, 4) is 11.6 Å². The molecule has 1 heterocycles. The van der Waals surface area contributed by atoms with Crippen molar-refractivity contribution >= 4 is 10.1 Å². The van der Waals surface area contributed by atoms with Gasteiger partial charge in [0.25, 0.3) is 0 Å². The minimum absolute atomic E-state index is 0.162. The summed E-state index contributed by atoms with van der Waals surface area (Å²) in [7, 11) is -5.31. The first-order valence-electron chi connectivity index (χ1n) is 6.01. The molecule has 0 amide bonds. The number of nitrogens with zero attached hydrogens (tertiary/aromatic N) is 1. The largest absolute Gasteiger partial charge is 0.574 e. The lowest BCUT2D eigenvalue weighted by Gasteiger charge is -2.11. The van der Waals surface area contributed by atoms with Gasteiger partial charge in [-0.25, -0.2) is 18.2 Å². The molecule has 1 aromatic carbocycles. The highest BCUT2D eigenvalue weighted by Gasteiger charge is 2.34. The van der Waals surface area contributed by atoms with Gasteiger partial charge in [0.15, 0.2) is 0 Å². The molecule has 0 saturated heterocycles. The molecule has 0 fully saturated rings. The van der Waals surface area contributed by atoms with Crippen molar-refractivity contribution in [2.45, 2.75) is 11.3 Å². The maximum atomic E-state index is 13.5. The monoisotopic (exact) mass is 409 g/mol. The molecule has 2 rings (SSSR count). The van der Waals surface area contributed by atoms with Gasteiger partial charge in [-0.05, 0) is 6.07 Å². The van der Waals surface area contributed by atoms with E-state index in [4.69, 9.17) is 0 Å². The first-order valence-corrected chi connectivity index (χ1v) is 7.42. The molecule has 0 atom stereocenters. The summed E-state index contributed by atoms with van der Waals surface area (Å²) < 4.78 is 133. The third-order valence-electron chi connectivity index (χ3n) is 2.58. The summed E-state index contributed by atoms with van der Waals surface area (Å²) in [6.45, 7) is 0. The lowest BCUT2D eigenvalue weighted by molar-refractivity contribution is -0.276. The van der Waals surface area contributed by atoms with E-state index in [1.54, 1.807) is 0 Å². The number of pyridine rings is 1. The Balaban J connectivity index is 2.47. The lowest BCUT2D eigenvalue weighted by Crippen LogP contribution is -2.19. The number of alkyl halides is 3. The van der Waals surface area contributed by atoms with Gasteiger partial charge in [0.1, 0.15) is 4.90 Å². The van der Waals surface area contributed by atoms with Gasteiger partial charge in [0.2, 0.25) is 40.7 Å². The highest BCUT2D eigenvalue weighted by molar-refractivity contribution is 7.87. The predicted octanol–water partition coefficient (Wildman–Crippen LogP) is 3.44. The van der Waals surface area contributed by atoms with E-state index in [-0.39, 0.29) is 6.07 Å². The highest BCUT2D eigenvalue weighted by atomic mass is 32.2. The molecule has 0 bridgehead atoms. The molecular formula is C12H3F8NO4S. The predicted molar refractivity (Wildman–Crippen MR) is 65.0 cm³/mol. The molecule has 0 spiro atoms. The van der Waals surface area contributed by atoms with Crippen LogP contribution in [0.25, 0.3) is 0 Å². The van der Waals surface area contributed by atoms with Gasteiger partial charge in [0.05, 0.1) is 0 Å². The van der Waals surface area contributed by atoms with Crippen molar-refractivity contribution in [1.29, 1.82) is 0 Å².